The quantitative estimate of drug-likeness (QED) is 0.564. The Morgan fingerprint density at radius 1 is 1.17 bits per heavy atom. The normalized spacial score (nSPS) is 16.7. The third-order valence-corrected chi connectivity index (χ3v) is 5.61. The highest BCUT2D eigenvalue weighted by Crippen LogP contribution is 2.32. The number of nitrogens with one attached hydrogen (secondary N) is 1. The molecule has 0 radical (unpaired) electrons. The largest absolute Gasteiger partial charge is 0.339 e. The van der Waals surface area contributed by atoms with Crippen LogP contribution in [0.5, 0.6) is 0 Å². The topological polar surface area (TPSA) is 97.0 Å². The van der Waals surface area contributed by atoms with Crippen molar-refractivity contribution in [3.63, 3.8) is 0 Å². The number of carbonyl (C=O) groups is 1. The summed E-state index contributed by atoms with van der Waals surface area (Å²) in [4.78, 5) is 33.7. The fourth-order valence-electron chi connectivity index (χ4n) is 3.98. The number of aryl methyl sites for hydroxylation is 2. The second kappa shape index (κ2) is 6.98. The van der Waals surface area contributed by atoms with Crippen molar-refractivity contribution in [3.8, 4) is 11.4 Å². The lowest BCUT2D eigenvalue weighted by Gasteiger charge is -2.16. The average Bonchev–Trinajstić information content (AvgIpc) is 3.44. The van der Waals surface area contributed by atoms with Gasteiger partial charge in [-0.15, -0.1) is 0 Å². The highest BCUT2D eigenvalue weighted by atomic mass is 16.5. The molecule has 1 aliphatic heterocycles. The number of anilines is 1. The summed E-state index contributed by atoms with van der Waals surface area (Å²) in [6.07, 6.45) is 0.335. The summed E-state index contributed by atoms with van der Waals surface area (Å²) in [6, 6.07) is 13.5. The molecule has 152 valence electrons. The van der Waals surface area contributed by atoms with Gasteiger partial charge in [0, 0.05) is 30.8 Å². The second-order valence-electron chi connectivity index (χ2n) is 7.60. The van der Waals surface area contributed by atoms with Crippen molar-refractivity contribution in [2.45, 2.75) is 32.7 Å². The minimum Gasteiger partial charge on any atom is -0.339 e. The van der Waals surface area contributed by atoms with Gasteiger partial charge in [-0.3, -0.25) is 9.36 Å². The first-order chi connectivity index (χ1) is 14.5. The van der Waals surface area contributed by atoms with Crippen LogP contribution >= 0.6 is 0 Å². The fourth-order valence-corrected chi connectivity index (χ4v) is 3.98. The van der Waals surface area contributed by atoms with Crippen molar-refractivity contribution >= 4 is 22.6 Å². The van der Waals surface area contributed by atoms with E-state index in [0.29, 0.717) is 31.2 Å². The zero-order chi connectivity index (χ0) is 20.8. The van der Waals surface area contributed by atoms with Crippen LogP contribution in [-0.2, 0) is 11.3 Å². The highest BCUT2D eigenvalue weighted by molar-refractivity contribution is 5.96. The number of nitrogens with zero attached hydrogens (tertiary/aromatic N) is 4. The number of aromatic nitrogens is 4. The Morgan fingerprint density at radius 2 is 1.97 bits per heavy atom. The summed E-state index contributed by atoms with van der Waals surface area (Å²) >= 11 is 0. The number of amides is 1. The van der Waals surface area contributed by atoms with E-state index in [0.717, 1.165) is 27.8 Å². The summed E-state index contributed by atoms with van der Waals surface area (Å²) in [5.41, 5.74) is 4.21. The third kappa shape index (κ3) is 3.01. The Morgan fingerprint density at radius 3 is 2.73 bits per heavy atom. The summed E-state index contributed by atoms with van der Waals surface area (Å²) in [5.74, 6) is 0.791. The molecule has 1 fully saturated rings. The monoisotopic (exact) mass is 403 g/mol. The molecule has 1 aliphatic rings. The Kier molecular flexibility index (Phi) is 4.27. The Bertz CT molecular complexity index is 1300. The first kappa shape index (κ1) is 18.4. The van der Waals surface area contributed by atoms with E-state index in [9.17, 15) is 9.59 Å². The van der Waals surface area contributed by atoms with Crippen LogP contribution in [0, 0.1) is 6.92 Å². The number of hydrogen-bond acceptors (Lipinski definition) is 5. The van der Waals surface area contributed by atoms with Crippen LogP contribution in [0.4, 0.5) is 5.69 Å². The lowest BCUT2D eigenvalue weighted by atomic mass is 10.1. The van der Waals surface area contributed by atoms with Gasteiger partial charge in [0.15, 0.2) is 0 Å². The molecule has 4 aromatic rings. The molecular weight excluding hydrogens is 382 g/mol. The van der Waals surface area contributed by atoms with Crippen LogP contribution < -0.4 is 10.6 Å². The van der Waals surface area contributed by atoms with Gasteiger partial charge in [0.1, 0.15) is 0 Å². The molecule has 1 N–H and O–H groups in total. The molecule has 0 spiro atoms. The van der Waals surface area contributed by atoms with E-state index in [1.54, 1.807) is 9.47 Å². The maximum Gasteiger partial charge on any atom is 0.326 e. The van der Waals surface area contributed by atoms with Crippen molar-refractivity contribution in [2.24, 2.45) is 0 Å². The van der Waals surface area contributed by atoms with E-state index in [4.69, 9.17) is 4.52 Å². The van der Waals surface area contributed by atoms with Crippen LogP contribution in [0.3, 0.4) is 0 Å². The molecule has 5 rings (SSSR count). The minimum atomic E-state index is -0.148. The molecule has 0 aliphatic carbocycles. The number of carbonyl (C=O) groups excluding carboxylic acids is 1. The second-order valence-corrected chi connectivity index (χ2v) is 7.60. The van der Waals surface area contributed by atoms with Gasteiger partial charge >= 0.3 is 5.69 Å². The van der Waals surface area contributed by atoms with E-state index in [2.05, 4.69) is 15.1 Å². The Balaban J connectivity index is 1.40. The van der Waals surface area contributed by atoms with Crippen LogP contribution in [0.1, 0.15) is 30.7 Å². The SMILES string of the molecule is CCn1c(=O)[nH]c2cc(-c3noc([C@@H]4CC(=O)N(c5ccc(C)cc5)C4)n3)ccc21. The molecule has 1 amide bonds. The van der Waals surface area contributed by atoms with Crippen LogP contribution in [0.2, 0.25) is 0 Å². The number of aromatic amines is 1. The summed E-state index contributed by atoms with van der Waals surface area (Å²) in [7, 11) is 0. The lowest BCUT2D eigenvalue weighted by molar-refractivity contribution is -0.117. The van der Waals surface area contributed by atoms with Crippen LogP contribution in [-0.4, -0.2) is 32.1 Å². The third-order valence-electron chi connectivity index (χ3n) is 5.61. The summed E-state index contributed by atoms with van der Waals surface area (Å²) in [5, 5.41) is 4.11. The van der Waals surface area contributed by atoms with Crippen molar-refractivity contribution in [1.29, 1.82) is 0 Å². The van der Waals surface area contributed by atoms with Gasteiger partial charge in [-0.05, 0) is 44.2 Å². The summed E-state index contributed by atoms with van der Waals surface area (Å²) < 4.78 is 7.17. The number of H-pyrrole nitrogens is 1. The lowest BCUT2D eigenvalue weighted by Crippen LogP contribution is -2.24. The molecule has 0 unspecified atom stereocenters. The summed E-state index contributed by atoms with van der Waals surface area (Å²) in [6.45, 7) is 5.05. The number of fused-ring (bicyclic) bond motifs is 1. The fraction of sp³-hybridized carbons (Fsp3) is 0.273. The van der Waals surface area contributed by atoms with Gasteiger partial charge in [-0.1, -0.05) is 22.9 Å². The maximum atomic E-state index is 12.5. The predicted molar refractivity (Wildman–Crippen MR) is 112 cm³/mol. The first-order valence-corrected chi connectivity index (χ1v) is 9.97. The van der Waals surface area contributed by atoms with Crippen molar-refractivity contribution in [3.05, 3.63) is 64.4 Å². The zero-order valence-corrected chi connectivity index (χ0v) is 16.8. The smallest absolute Gasteiger partial charge is 0.326 e. The van der Waals surface area contributed by atoms with Crippen molar-refractivity contribution < 1.29 is 9.32 Å². The standard InChI is InChI=1S/C22H21N5O3/c1-3-26-18-9-6-14(10-17(18)23-22(26)29)20-24-21(30-25-20)15-11-19(28)27(12-15)16-7-4-13(2)5-8-16/h4-10,15H,3,11-12H2,1-2H3,(H,23,29)/t15-/m1/s1. The van der Waals surface area contributed by atoms with Crippen LogP contribution in [0.15, 0.2) is 51.8 Å². The molecule has 30 heavy (non-hydrogen) atoms. The minimum absolute atomic E-state index is 0.0449. The van der Waals surface area contributed by atoms with Crippen molar-refractivity contribution in [2.75, 3.05) is 11.4 Å². The van der Waals surface area contributed by atoms with E-state index in [1.165, 1.54) is 0 Å². The molecule has 1 atom stereocenters. The molecule has 8 heteroatoms. The van der Waals surface area contributed by atoms with Gasteiger partial charge in [-0.2, -0.15) is 4.98 Å². The molecular formula is C22H21N5O3. The van der Waals surface area contributed by atoms with Gasteiger partial charge in [0.05, 0.1) is 17.0 Å². The number of rotatable bonds is 4. The van der Waals surface area contributed by atoms with E-state index >= 15 is 0 Å². The maximum absolute atomic E-state index is 12.5. The average molecular weight is 403 g/mol. The molecule has 0 bridgehead atoms. The number of hydrogen-bond donors (Lipinski definition) is 1. The first-order valence-electron chi connectivity index (χ1n) is 9.97. The Labute approximate surface area is 172 Å². The van der Waals surface area contributed by atoms with E-state index < -0.39 is 0 Å². The molecule has 3 heterocycles. The Hall–Kier alpha value is -3.68. The van der Waals surface area contributed by atoms with Gasteiger partial charge in [0.25, 0.3) is 0 Å². The molecule has 2 aromatic heterocycles. The number of benzene rings is 2. The van der Waals surface area contributed by atoms with E-state index in [1.807, 2.05) is 56.3 Å². The molecule has 8 nitrogen and oxygen atoms in total. The van der Waals surface area contributed by atoms with Gasteiger partial charge in [0.2, 0.25) is 17.6 Å². The van der Waals surface area contributed by atoms with Gasteiger partial charge < -0.3 is 14.4 Å². The zero-order valence-electron chi connectivity index (χ0n) is 16.8. The molecule has 2 aromatic carbocycles. The molecule has 0 saturated carbocycles. The predicted octanol–water partition coefficient (Wildman–Crippen LogP) is 3.23. The van der Waals surface area contributed by atoms with Crippen LogP contribution in [0.25, 0.3) is 22.4 Å². The van der Waals surface area contributed by atoms with Crippen molar-refractivity contribution in [1.82, 2.24) is 19.7 Å². The molecule has 1 saturated heterocycles. The number of imidazole rings is 1. The highest BCUT2D eigenvalue weighted by Gasteiger charge is 2.35. The van der Waals surface area contributed by atoms with Gasteiger partial charge in [-0.25, -0.2) is 4.79 Å². The van der Waals surface area contributed by atoms with E-state index in [-0.39, 0.29) is 17.5 Å².